The Balaban J connectivity index is 1.47. The number of allylic oxidation sites excluding steroid dienone is 1. The maximum absolute atomic E-state index is 6.16. The fourth-order valence-electron chi connectivity index (χ4n) is 6.55. The van der Waals surface area contributed by atoms with Gasteiger partial charge in [0.2, 0.25) is 0 Å². The molecular formula is C33H25NO. The highest BCUT2D eigenvalue weighted by molar-refractivity contribution is 6.11. The van der Waals surface area contributed by atoms with Crippen molar-refractivity contribution in [2.24, 2.45) is 0 Å². The summed E-state index contributed by atoms with van der Waals surface area (Å²) in [6.45, 7) is 4.71. The molecule has 0 fully saturated rings. The second-order valence-electron chi connectivity index (χ2n) is 10.5. The van der Waals surface area contributed by atoms with Crippen LogP contribution in [0.5, 0.6) is 0 Å². The second kappa shape index (κ2) is 6.55. The first-order valence-corrected chi connectivity index (χ1v) is 12.5. The molecule has 168 valence electrons. The number of nitrogens with zero attached hydrogens (tertiary/aromatic N) is 1. The van der Waals surface area contributed by atoms with E-state index in [0.29, 0.717) is 0 Å². The zero-order valence-electron chi connectivity index (χ0n) is 19.9. The third-order valence-electron chi connectivity index (χ3n) is 8.27. The van der Waals surface area contributed by atoms with E-state index in [1.807, 2.05) is 0 Å². The van der Waals surface area contributed by atoms with E-state index in [9.17, 15) is 0 Å². The van der Waals surface area contributed by atoms with Gasteiger partial charge in [0.15, 0.2) is 0 Å². The Labute approximate surface area is 204 Å². The molecule has 2 aliphatic rings. The minimum Gasteiger partial charge on any atom is -0.456 e. The highest BCUT2D eigenvalue weighted by Gasteiger charge is 2.36. The van der Waals surface area contributed by atoms with Crippen molar-refractivity contribution >= 4 is 38.9 Å². The van der Waals surface area contributed by atoms with Gasteiger partial charge in [0.05, 0.1) is 11.0 Å². The Morgan fingerprint density at radius 1 is 0.743 bits per heavy atom. The Hall–Kier alpha value is -4.04. The van der Waals surface area contributed by atoms with Crippen LogP contribution in [0.1, 0.15) is 42.7 Å². The van der Waals surface area contributed by atoms with E-state index in [1.54, 1.807) is 0 Å². The number of hydrogen-bond acceptors (Lipinski definition) is 1. The van der Waals surface area contributed by atoms with Gasteiger partial charge in [-0.25, -0.2) is 0 Å². The van der Waals surface area contributed by atoms with E-state index in [1.165, 1.54) is 60.7 Å². The molecule has 0 saturated carbocycles. The van der Waals surface area contributed by atoms with E-state index < -0.39 is 0 Å². The van der Waals surface area contributed by atoms with E-state index >= 15 is 0 Å². The van der Waals surface area contributed by atoms with Crippen LogP contribution in [0.2, 0.25) is 0 Å². The predicted octanol–water partition coefficient (Wildman–Crippen LogP) is 8.80. The molecule has 2 nitrogen and oxygen atoms in total. The molecule has 0 radical (unpaired) electrons. The van der Waals surface area contributed by atoms with Crippen molar-refractivity contribution in [3.8, 4) is 16.8 Å². The summed E-state index contributed by atoms with van der Waals surface area (Å²) in [6, 6.07) is 29.3. The molecule has 6 aromatic rings. The number of benzene rings is 4. The zero-order valence-corrected chi connectivity index (χ0v) is 19.9. The van der Waals surface area contributed by atoms with Crippen molar-refractivity contribution in [2.75, 3.05) is 0 Å². The van der Waals surface area contributed by atoms with Gasteiger partial charge in [0, 0.05) is 32.8 Å². The summed E-state index contributed by atoms with van der Waals surface area (Å²) in [6.07, 6.45) is 6.44. The average molecular weight is 452 g/mol. The van der Waals surface area contributed by atoms with E-state index in [0.717, 1.165) is 24.2 Å². The molecule has 0 N–H and O–H groups in total. The summed E-state index contributed by atoms with van der Waals surface area (Å²) in [4.78, 5) is 0. The fraction of sp³-hybridized carbons (Fsp3) is 0.152. The van der Waals surface area contributed by atoms with Gasteiger partial charge in [-0.2, -0.15) is 0 Å². The maximum atomic E-state index is 6.16. The number of furan rings is 1. The Morgan fingerprint density at radius 2 is 1.60 bits per heavy atom. The topological polar surface area (TPSA) is 18.1 Å². The predicted molar refractivity (Wildman–Crippen MR) is 145 cm³/mol. The molecule has 4 aromatic carbocycles. The Bertz CT molecular complexity index is 1870. The molecule has 0 unspecified atom stereocenters. The van der Waals surface area contributed by atoms with Gasteiger partial charge in [0.1, 0.15) is 11.3 Å². The van der Waals surface area contributed by atoms with Gasteiger partial charge >= 0.3 is 0 Å². The smallest absolute Gasteiger partial charge is 0.135 e. The molecule has 2 aromatic heterocycles. The van der Waals surface area contributed by atoms with E-state index in [-0.39, 0.29) is 5.41 Å². The van der Waals surface area contributed by atoms with Crippen molar-refractivity contribution in [3.05, 3.63) is 107 Å². The van der Waals surface area contributed by atoms with Crippen LogP contribution >= 0.6 is 0 Å². The molecule has 8 rings (SSSR count). The maximum Gasteiger partial charge on any atom is 0.135 e. The SMILES string of the molecule is CC1(C)c2ccccc2-c2cc3c(cc21)c1ccccc1n3-c1ccc2oc3c(c2c1)CCC=C3. The molecular weight excluding hydrogens is 426 g/mol. The number of aryl methyl sites for hydroxylation is 1. The van der Waals surface area contributed by atoms with Gasteiger partial charge < -0.3 is 8.98 Å². The Morgan fingerprint density at radius 3 is 2.54 bits per heavy atom. The number of fused-ring (bicyclic) bond motifs is 9. The molecule has 2 heterocycles. The number of hydrogen-bond donors (Lipinski definition) is 0. The third-order valence-corrected chi connectivity index (χ3v) is 8.27. The molecule has 0 spiro atoms. The van der Waals surface area contributed by atoms with Crippen molar-refractivity contribution in [1.29, 1.82) is 0 Å². The molecule has 0 saturated heterocycles. The van der Waals surface area contributed by atoms with Crippen LogP contribution < -0.4 is 0 Å². The summed E-state index contributed by atoms with van der Waals surface area (Å²) < 4.78 is 8.61. The lowest BCUT2D eigenvalue weighted by Gasteiger charge is -2.21. The first kappa shape index (κ1) is 19.3. The summed E-state index contributed by atoms with van der Waals surface area (Å²) in [7, 11) is 0. The second-order valence-corrected chi connectivity index (χ2v) is 10.5. The van der Waals surface area contributed by atoms with E-state index in [2.05, 4.69) is 109 Å². The lowest BCUT2D eigenvalue weighted by atomic mass is 9.82. The number of rotatable bonds is 1. The quantitative estimate of drug-likeness (QED) is 0.244. The van der Waals surface area contributed by atoms with Crippen molar-refractivity contribution in [3.63, 3.8) is 0 Å². The standard InChI is InChI=1S/C33H25NO/c1-33(2)27-12-6-3-9-21(27)24-19-30-25(18-28(24)33)22-10-4-7-13-29(22)34(30)20-15-16-32-26(17-20)23-11-5-8-14-31(23)35-32/h3-4,6-10,12-19H,5,11H2,1-2H3. The van der Waals surface area contributed by atoms with Crippen LogP contribution in [0.25, 0.3) is 55.7 Å². The first-order chi connectivity index (χ1) is 17.1. The first-order valence-electron chi connectivity index (χ1n) is 12.5. The monoisotopic (exact) mass is 451 g/mol. The van der Waals surface area contributed by atoms with Crippen LogP contribution in [-0.4, -0.2) is 4.57 Å². The molecule has 0 atom stereocenters. The minimum atomic E-state index is -0.00833. The van der Waals surface area contributed by atoms with Crippen LogP contribution in [0.3, 0.4) is 0 Å². The number of aromatic nitrogens is 1. The van der Waals surface area contributed by atoms with Gasteiger partial charge in [-0.05, 0) is 77.6 Å². The molecule has 0 aliphatic heterocycles. The van der Waals surface area contributed by atoms with Crippen LogP contribution in [0.4, 0.5) is 0 Å². The number of para-hydroxylation sites is 1. The molecule has 0 amide bonds. The molecule has 0 bridgehead atoms. The van der Waals surface area contributed by atoms with Gasteiger partial charge in [-0.15, -0.1) is 0 Å². The lowest BCUT2D eigenvalue weighted by Crippen LogP contribution is -2.14. The lowest BCUT2D eigenvalue weighted by molar-refractivity contribution is 0.595. The molecule has 2 aliphatic carbocycles. The average Bonchev–Trinajstić information content (AvgIpc) is 3.49. The molecule has 2 heteroatoms. The van der Waals surface area contributed by atoms with Crippen LogP contribution in [0.15, 0.2) is 89.4 Å². The van der Waals surface area contributed by atoms with E-state index in [4.69, 9.17) is 4.42 Å². The summed E-state index contributed by atoms with van der Waals surface area (Å²) in [5, 5.41) is 3.85. The summed E-state index contributed by atoms with van der Waals surface area (Å²) >= 11 is 0. The normalized spacial score (nSPS) is 15.6. The summed E-state index contributed by atoms with van der Waals surface area (Å²) in [5.41, 5.74) is 11.5. The minimum absolute atomic E-state index is 0.00833. The highest BCUT2D eigenvalue weighted by atomic mass is 16.3. The van der Waals surface area contributed by atoms with Gasteiger partial charge in [-0.3, -0.25) is 0 Å². The largest absolute Gasteiger partial charge is 0.456 e. The highest BCUT2D eigenvalue weighted by Crippen LogP contribution is 2.51. The third kappa shape index (κ3) is 2.44. The van der Waals surface area contributed by atoms with Crippen molar-refractivity contribution in [1.82, 2.24) is 4.57 Å². The van der Waals surface area contributed by atoms with Crippen LogP contribution in [-0.2, 0) is 11.8 Å². The summed E-state index contributed by atoms with van der Waals surface area (Å²) in [5.74, 6) is 1.02. The zero-order chi connectivity index (χ0) is 23.3. The van der Waals surface area contributed by atoms with Crippen molar-refractivity contribution < 1.29 is 4.42 Å². The fourth-order valence-corrected chi connectivity index (χ4v) is 6.55. The van der Waals surface area contributed by atoms with Gasteiger partial charge in [-0.1, -0.05) is 62.4 Å². The van der Waals surface area contributed by atoms with Gasteiger partial charge in [0.25, 0.3) is 0 Å². The Kier molecular flexibility index (Phi) is 3.61. The van der Waals surface area contributed by atoms with Crippen molar-refractivity contribution in [2.45, 2.75) is 32.1 Å². The van der Waals surface area contributed by atoms with Crippen LogP contribution in [0, 0.1) is 0 Å². The molecule has 35 heavy (non-hydrogen) atoms.